The summed E-state index contributed by atoms with van der Waals surface area (Å²) in [5, 5.41) is 4.68. The molecule has 5 heteroatoms. The van der Waals surface area contributed by atoms with Crippen LogP contribution in [0.4, 0.5) is 0 Å². The van der Waals surface area contributed by atoms with Crippen molar-refractivity contribution in [2.75, 3.05) is 13.7 Å². The zero-order chi connectivity index (χ0) is 19.1. The van der Waals surface area contributed by atoms with Crippen LogP contribution in [0.25, 0.3) is 22.0 Å². The number of ether oxygens (including phenoxy) is 1. The van der Waals surface area contributed by atoms with E-state index in [0.717, 1.165) is 46.6 Å². The summed E-state index contributed by atoms with van der Waals surface area (Å²) in [6.07, 6.45) is 2.78. The summed E-state index contributed by atoms with van der Waals surface area (Å²) in [6.45, 7) is 2.95. The molecule has 5 rings (SSSR count). The van der Waals surface area contributed by atoms with Crippen LogP contribution in [0.3, 0.4) is 0 Å². The van der Waals surface area contributed by atoms with Gasteiger partial charge in [-0.2, -0.15) is 0 Å². The van der Waals surface area contributed by atoms with Gasteiger partial charge in [0, 0.05) is 29.7 Å². The van der Waals surface area contributed by atoms with Crippen molar-refractivity contribution >= 4 is 10.9 Å². The lowest BCUT2D eigenvalue weighted by Crippen LogP contribution is -2.30. The van der Waals surface area contributed by atoms with Crippen molar-refractivity contribution in [3.63, 3.8) is 0 Å². The van der Waals surface area contributed by atoms with Gasteiger partial charge in [0.15, 0.2) is 0 Å². The van der Waals surface area contributed by atoms with E-state index in [-0.39, 0.29) is 6.04 Å². The number of fused-ring (bicyclic) bond motifs is 2. The molecule has 1 aliphatic heterocycles. The van der Waals surface area contributed by atoms with E-state index in [0.29, 0.717) is 0 Å². The highest BCUT2D eigenvalue weighted by Gasteiger charge is 2.23. The molecule has 0 saturated heterocycles. The molecule has 1 atom stereocenters. The van der Waals surface area contributed by atoms with Crippen LogP contribution >= 0.6 is 0 Å². The first-order valence-corrected chi connectivity index (χ1v) is 9.55. The second kappa shape index (κ2) is 6.77. The summed E-state index contributed by atoms with van der Waals surface area (Å²) in [4.78, 5) is 12.5. The Kier molecular flexibility index (Phi) is 4.10. The van der Waals surface area contributed by atoms with Crippen molar-refractivity contribution in [3.8, 4) is 16.9 Å². The molecular formula is C23H22N4O. The van der Waals surface area contributed by atoms with Gasteiger partial charge in [0.1, 0.15) is 11.3 Å². The molecule has 2 aromatic heterocycles. The maximum Gasteiger partial charge on any atom is 0.145 e. The van der Waals surface area contributed by atoms with E-state index >= 15 is 0 Å². The van der Waals surface area contributed by atoms with Gasteiger partial charge < -0.3 is 15.0 Å². The third-order valence-electron chi connectivity index (χ3n) is 5.48. The zero-order valence-electron chi connectivity index (χ0n) is 16.0. The molecule has 140 valence electrons. The molecular weight excluding hydrogens is 348 g/mol. The summed E-state index contributed by atoms with van der Waals surface area (Å²) in [5.74, 6) is 0.802. The molecule has 0 saturated carbocycles. The number of benzene rings is 2. The van der Waals surface area contributed by atoms with Crippen LogP contribution in [-0.2, 0) is 6.42 Å². The normalized spacial score (nSPS) is 16.1. The molecule has 0 aliphatic carbocycles. The van der Waals surface area contributed by atoms with Gasteiger partial charge in [0.2, 0.25) is 0 Å². The van der Waals surface area contributed by atoms with Crippen molar-refractivity contribution in [2.24, 2.45) is 0 Å². The molecule has 5 nitrogen and oxygen atoms in total. The molecule has 0 bridgehead atoms. The average molecular weight is 370 g/mol. The van der Waals surface area contributed by atoms with Crippen molar-refractivity contribution in [1.82, 2.24) is 20.3 Å². The fourth-order valence-electron chi connectivity index (χ4n) is 4.06. The topological polar surface area (TPSA) is 62.8 Å². The highest BCUT2D eigenvalue weighted by molar-refractivity contribution is 5.98. The molecule has 0 unspecified atom stereocenters. The first-order valence-electron chi connectivity index (χ1n) is 9.55. The largest absolute Gasteiger partial charge is 0.494 e. The van der Waals surface area contributed by atoms with E-state index < -0.39 is 0 Å². The second-order valence-corrected chi connectivity index (χ2v) is 7.19. The molecule has 2 N–H and O–H groups in total. The van der Waals surface area contributed by atoms with Gasteiger partial charge in [0.05, 0.1) is 25.2 Å². The summed E-state index contributed by atoms with van der Waals surface area (Å²) in [7, 11) is 1.69. The molecule has 0 spiro atoms. The summed E-state index contributed by atoms with van der Waals surface area (Å²) in [6, 6.07) is 17.2. The van der Waals surface area contributed by atoms with E-state index in [4.69, 9.17) is 9.72 Å². The average Bonchev–Trinajstić information content (AvgIpc) is 3.22. The Labute approximate surface area is 163 Å². The number of aryl methyl sites for hydroxylation is 1. The second-order valence-electron chi connectivity index (χ2n) is 7.19. The van der Waals surface area contributed by atoms with Crippen molar-refractivity contribution < 1.29 is 4.74 Å². The molecule has 3 heterocycles. The first-order chi connectivity index (χ1) is 13.7. The maximum atomic E-state index is 5.52. The van der Waals surface area contributed by atoms with Gasteiger partial charge in [-0.25, -0.2) is 9.97 Å². The van der Waals surface area contributed by atoms with Crippen LogP contribution in [0.15, 0.2) is 54.9 Å². The van der Waals surface area contributed by atoms with Crippen LogP contribution in [0.5, 0.6) is 5.75 Å². The number of pyridine rings is 1. The van der Waals surface area contributed by atoms with Crippen molar-refractivity contribution in [1.29, 1.82) is 0 Å². The molecule has 0 radical (unpaired) electrons. The molecule has 28 heavy (non-hydrogen) atoms. The van der Waals surface area contributed by atoms with Gasteiger partial charge in [-0.15, -0.1) is 0 Å². The Bertz CT molecular complexity index is 1150. The van der Waals surface area contributed by atoms with Gasteiger partial charge >= 0.3 is 0 Å². The summed E-state index contributed by atoms with van der Waals surface area (Å²) in [5.41, 5.74) is 7.77. The molecule has 4 aromatic rings. The Hall–Kier alpha value is -3.18. The maximum absolute atomic E-state index is 5.52. The lowest BCUT2D eigenvalue weighted by molar-refractivity contribution is 0.419. The van der Waals surface area contributed by atoms with E-state index in [1.54, 1.807) is 13.4 Å². The van der Waals surface area contributed by atoms with Crippen LogP contribution in [-0.4, -0.2) is 28.6 Å². The minimum Gasteiger partial charge on any atom is -0.494 e. The number of H-pyrrole nitrogens is 1. The number of imidazole rings is 1. The Morgan fingerprint density at radius 1 is 1.04 bits per heavy atom. The SMILES string of the molecule is COc1ccc(-c2ccc([C@@H]3NCCc4[nH]cnc43)cc2)c2ccc(C)nc12. The van der Waals surface area contributed by atoms with E-state index in [1.165, 1.54) is 16.8 Å². The number of rotatable bonds is 3. The number of methoxy groups -OCH3 is 1. The summed E-state index contributed by atoms with van der Waals surface area (Å²) >= 11 is 0. The Balaban J connectivity index is 1.56. The minimum atomic E-state index is 0.140. The fraction of sp³-hybridized carbons (Fsp3) is 0.217. The number of hydrogen-bond acceptors (Lipinski definition) is 4. The van der Waals surface area contributed by atoms with Crippen LogP contribution in [0, 0.1) is 6.92 Å². The van der Waals surface area contributed by atoms with E-state index in [1.807, 2.05) is 19.1 Å². The van der Waals surface area contributed by atoms with Crippen LogP contribution < -0.4 is 10.1 Å². The summed E-state index contributed by atoms with van der Waals surface area (Å²) < 4.78 is 5.52. The molecule has 2 aromatic carbocycles. The van der Waals surface area contributed by atoms with Gasteiger partial charge in [-0.05, 0) is 41.8 Å². The van der Waals surface area contributed by atoms with Gasteiger partial charge in [-0.3, -0.25) is 0 Å². The lowest BCUT2D eigenvalue weighted by atomic mass is 9.94. The monoisotopic (exact) mass is 370 g/mol. The molecule has 1 aliphatic rings. The third-order valence-corrected chi connectivity index (χ3v) is 5.48. The highest BCUT2D eigenvalue weighted by atomic mass is 16.5. The predicted molar refractivity (Wildman–Crippen MR) is 111 cm³/mol. The number of hydrogen-bond donors (Lipinski definition) is 2. The molecule has 0 amide bonds. The van der Waals surface area contributed by atoms with Crippen LogP contribution in [0.2, 0.25) is 0 Å². The number of aromatic amines is 1. The Morgan fingerprint density at radius 2 is 1.89 bits per heavy atom. The smallest absolute Gasteiger partial charge is 0.145 e. The predicted octanol–water partition coefficient (Wildman–Crippen LogP) is 4.18. The number of nitrogens with one attached hydrogen (secondary N) is 2. The van der Waals surface area contributed by atoms with Crippen molar-refractivity contribution in [2.45, 2.75) is 19.4 Å². The number of nitrogens with zero attached hydrogens (tertiary/aromatic N) is 2. The standard InChI is InChI=1S/C23H22N4O/c1-14-3-8-18-17(9-10-20(28-2)22(18)27-14)15-4-6-16(7-5-15)21-23-19(11-12-24-21)25-13-26-23/h3-10,13,21,24H,11-12H2,1-2H3,(H,25,26)/t21-/m0/s1. The third kappa shape index (κ3) is 2.75. The van der Waals surface area contributed by atoms with Gasteiger partial charge in [0.25, 0.3) is 0 Å². The fourth-order valence-corrected chi connectivity index (χ4v) is 4.06. The highest BCUT2D eigenvalue weighted by Crippen LogP contribution is 2.35. The van der Waals surface area contributed by atoms with Crippen molar-refractivity contribution in [3.05, 3.63) is 77.5 Å². The van der Waals surface area contributed by atoms with E-state index in [2.05, 4.69) is 51.7 Å². The molecule has 0 fully saturated rings. The van der Waals surface area contributed by atoms with E-state index in [9.17, 15) is 0 Å². The minimum absolute atomic E-state index is 0.140. The quantitative estimate of drug-likeness (QED) is 0.568. The van der Waals surface area contributed by atoms with Gasteiger partial charge in [-0.1, -0.05) is 30.3 Å². The number of aromatic nitrogens is 3. The zero-order valence-corrected chi connectivity index (χ0v) is 16.0. The Morgan fingerprint density at radius 3 is 2.71 bits per heavy atom. The van der Waals surface area contributed by atoms with Crippen LogP contribution in [0.1, 0.15) is 28.7 Å². The first kappa shape index (κ1) is 17.0. The lowest BCUT2D eigenvalue weighted by Gasteiger charge is -2.23.